The number of hydrogen-bond donors (Lipinski definition) is 1. The molecule has 35 heavy (non-hydrogen) atoms. The van der Waals surface area contributed by atoms with Crippen LogP contribution in [0.3, 0.4) is 0 Å². The lowest BCUT2D eigenvalue weighted by atomic mass is 10.1. The fraction of sp³-hybridized carbons (Fsp3) is 0.133. The Morgan fingerprint density at radius 3 is 2.49 bits per heavy atom. The number of aryl methyl sites for hydroxylation is 2. The van der Waals surface area contributed by atoms with Crippen molar-refractivity contribution in [1.82, 2.24) is 0 Å². The Balaban J connectivity index is 1.49. The second-order valence-corrected chi connectivity index (χ2v) is 8.32. The van der Waals surface area contributed by atoms with Crippen LogP contribution in [-0.4, -0.2) is 13.0 Å². The SMILES string of the molecule is COc1cc(/C=C(\C#N)C(=O)Nc2ccc(C)cc2C)ccc1OCc1ccc2ccccc2c1. The predicted molar refractivity (Wildman–Crippen MR) is 139 cm³/mol. The number of carbonyl (C=O) groups is 1. The Kier molecular flexibility index (Phi) is 7.13. The van der Waals surface area contributed by atoms with Crippen molar-refractivity contribution in [2.45, 2.75) is 20.5 Å². The lowest BCUT2D eigenvalue weighted by Crippen LogP contribution is -2.14. The molecule has 4 rings (SSSR count). The summed E-state index contributed by atoms with van der Waals surface area (Å²) in [6.45, 7) is 4.29. The Morgan fingerprint density at radius 1 is 0.943 bits per heavy atom. The van der Waals surface area contributed by atoms with Crippen LogP contribution in [0.25, 0.3) is 16.8 Å². The van der Waals surface area contributed by atoms with E-state index in [0.717, 1.165) is 22.1 Å². The number of anilines is 1. The van der Waals surface area contributed by atoms with Crippen molar-refractivity contribution in [2.75, 3.05) is 12.4 Å². The normalized spacial score (nSPS) is 11.1. The van der Waals surface area contributed by atoms with E-state index >= 15 is 0 Å². The molecule has 0 aliphatic heterocycles. The average Bonchev–Trinajstić information content (AvgIpc) is 2.87. The van der Waals surface area contributed by atoms with Crippen molar-refractivity contribution in [3.05, 3.63) is 107 Å². The first kappa shape index (κ1) is 23.6. The molecular formula is C30H26N2O3. The van der Waals surface area contributed by atoms with Gasteiger partial charge in [-0.15, -0.1) is 0 Å². The second-order valence-electron chi connectivity index (χ2n) is 8.32. The van der Waals surface area contributed by atoms with E-state index in [9.17, 15) is 10.1 Å². The Hall–Kier alpha value is -4.56. The third-order valence-electron chi connectivity index (χ3n) is 5.70. The van der Waals surface area contributed by atoms with E-state index in [1.54, 1.807) is 25.3 Å². The molecule has 0 saturated carbocycles. The van der Waals surface area contributed by atoms with Gasteiger partial charge in [-0.25, -0.2) is 0 Å². The highest BCUT2D eigenvalue weighted by Crippen LogP contribution is 2.30. The van der Waals surface area contributed by atoms with Crippen molar-refractivity contribution in [3.8, 4) is 17.6 Å². The van der Waals surface area contributed by atoms with Gasteiger partial charge in [0.15, 0.2) is 11.5 Å². The van der Waals surface area contributed by atoms with E-state index in [1.165, 1.54) is 11.5 Å². The first-order chi connectivity index (χ1) is 17.0. The number of rotatable bonds is 7. The maximum absolute atomic E-state index is 12.7. The van der Waals surface area contributed by atoms with Crippen LogP contribution in [0.5, 0.6) is 11.5 Å². The molecule has 1 amide bonds. The van der Waals surface area contributed by atoms with E-state index in [-0.39, 0.29) is 5.57 Å². The molecule has 174 valence electrons. The molecule has 0 bridgehead atoms. The number of carbonyl (C=O) groups excluding carboxylic acids is 1. The molecule has 0 unspecified atom stereocenters. The zero-order valence-electron chi connectivity index (χ0n) is 20.0. The summed E-state index contributed by atoms with van der Waals surface area (Å²) in [7, 11) is 1.56. The fourth-order valence-electron chi connectivity index (χ4n) is 3.84. The second kappa shape index (κ2) is 10.6. The Bertz CT molecular complexity index is 1460. The van der Waals surface area contributed by atoms with E-state index in [0.29, 0.717) is 29.4 Å². The quantitative estimate of drug-likeness (QED) is 0.248. The molecule has 0 saturated heterocycles. The summed E-state index contributed by atoms with van der Waals surface area (Å²) in [5.74, 6) is 0.637. The lowest BCUT2D eigenvalue weighted by molar-refractivity contribution is -0.112. The molecule has 0 spiro atoms. The van der Waals surface area contributed by atoms with Crippen LogP contribution in [0.4, 0.5) is 5.69 Å². The van der Waals surface area contributed by atoms with Crippen molar-refractivity contribution in [1.29, 1.82) is 5.26 Å². The van der Waals surface area contributed by atoms with E-state index in [1.807, 2.05) is 56.3 Å². The maximum Gasteiger partial charge on any atom is 0.266 e. The lowest BCUT2D eigenvalue weighted by Gasteiger charge is -2.12. The number of benzene rings is 4. The Morgan fingerprint density at radius 2 is 1.74 bits per heavy atom. The summed E-state index contributed by atoms with van der Waals surface area (Å²) in [5.41, 5.74) is 4.42. The first-order valence-electron chi connectivity index (χ1n) is 11.3. The molecule has 1 N–H and O–H groups in total. The smallest absolute Gasteiger partial charge is 0.266 e. The number of ether oxygens (including phenoxy) is 2. The summed E-state index contributed by atoms with van der Waals surface area (Å²) in [6.07, 6.45) is 1.54. The third-order valence-corrected chi connectivity index (χ3v) is 5.70. The van der Waals surface area contributed by atoms with Gasteiger partial charge in [0.05, 0.1) is 7.11 Å². The summed E-state index contributed by atoms with van der Waals surface area (Å²) < 4.78 is 11.5. The number of nitriles is 1. The van der Waals surface area contributed by atoms with Gasteiger partial charge in [-0.2, -0.15) is 5.26 Å². The topological polar surface area (TPSA) is 71.3 Å². The van der Waals surface area contributed by atoms with E-state index in [4.69, 9.17) is 9.47 Å². The largest absolute Gasteiger partial charge is 0.493 e. The molecule has 0 aliphatic carbocycles. The average molecular weight is 463 g/mol. The molecule has 0 aliphatic rings. The molecule has 0 heterocycles. The van der Waals surface area contributed by atoms with Gasteiger partial charge < -0.3 is 14.8 Å². The standard InChI is InChI=1S/C30H26N2O3/c1-20-8-12-27(21(2)14-20)32-30(33)26(18-31)15-22-10-13-28(29(17-22)34-3)35-19-23-9-11-24-6-4-5-7-25(24)16-23/h4-17H,19H2,1-3H3,(H,32,33)/b26-15+. The minimum Gasteiger partial charge on any atom is -0.493 e. The minimum absolute atomic E-state index is 0.00291. The monoisotopic (exact) mass is 462 g/mol. The van der Waals surface area contributed by atoms with Crippen LogP contribution in [-0.2, 0) is 11.4 Å². The van der Waals surface area contributed by atoms with Gasteiger partial charge in [0, 0.05) is 5.69 Å². The minimum atomic E-state index is -0.463. The van der Waals surface area contributed by atoms with Gasteiger partial charge in [-0.05, 0) is 71.7 Å². The highest BCUT2D eigenvalue weighted by Gasteiger charge is 2.12. The van der Waals surface area contributed by atoms with Crippen molar-refractivity contribution in [3.63, 3.8) is 0 Å². The number of amides is 1. The van der Waals surface area contributed by atoms with Gasteiger partial charge in [-0.3, -0.25) is 4.79 Å². The summed E-state index contributed by atoms with van der Waals surface area (Å²) in [5, 5.41) is 14.7. The molecular weight excluding hydrogens is 436 g/mol. The maximum atomic E-state index is 12.7. The highest BCUT2D eigenvalue weighted by molar-refractivity contribution is 6.10. The third kappa shape index (κ3) is 5.69. The fourth-order valence-corrected chi connectivity index (χ4v) is 3.84. The number of nitrogens with zero attached hydrogens (tertiary/aromatic N) is 1. The molecule has 0 fully saturated rings. The highest BCUT2D eigenvalue weighted by atomic mass is 16.5. The molecule has 0 atom stereocenters. The molecule has 0 radical (unpaired) electrons. The number of fused-ring (bicyclic) bond motifs is 1. The zero-order valence-corrected chi connectivity index (χ0v) is 20.0. The van der Waals surface area contributed by atoms with Crippen molar-refractivity contribution >= 4 is 28.4 Å². The molecule has 5 heteroatoms. The van der Waals surface area contributed by atoms with Gasteiger partial charge in [0.25, 0.3) is 5.91 Å². The van der Waals surface area contributed by atoms with Crippen LogP contribution in [0.1, 0.15) is 22.3 Å². The molecule has 5 nitrogen and oxygen atoms in total. The summed E-state index contributed by atoms with van der Waals surface area (Å²) in [4.78, 5) is 12.7. The van der Waals surface area contributed by atoms with E-state index < -0.39 is 5.91 Å². The van der Waals surface area contributed by atoms with Crippen molar-refractivity contribution in [2.24, 2.45) is 0 Å². The van der Waals surface area contributed by atoms with Crippen LogP contribution in [0.2, 0.25) is 0 Å². The van der Waals surface area contributed by atoms with E-state index in [2.05, 4.69) is 29.6 Å². The van der Waals surface area contributed by atoms with Gasteiger partial charge in [0.1, 0.15) is 18.2 Å². The number of methoxy groups -OCH3 is 1. The summed E-state index contributed by atoms with van der Waals surface area (Å²) in [6, 6.07) is 27.4. The zero-order chi connectivity index (χ0) is 24.8. The van der Waals surface area contributed by atoms with Gasteiger partial charge in [-0.1, -0.05) is 60.2 Å². The summed E-state index contributed by atoms with van der Waals surface area (Å²) >= 11 is 0. The van der Waals surface area contributed by atoms with Crippen molar-refractivity contribution < 1.29 is 14.3 Å². The van der Waals surface area contributed by atoms with Crippen LogP contribution >= 0.6 is 0 Å². The molecule has 4 aromatic carbocycles. The number of hydrogen-bond acceptors (Lipinski definition) is 4. The van der Waals surface area contributed by atoms with Crippen LogP contribution < -0.4 is 14.8 Å². The van der Waals surface area contributed by atoms with Crippen LogP contribution in [0.15, 0.2) is 84.4 Å². The Labute approximate surface area is 205 Å². The number of nitrogens with one attached hydrogen (secondary N) is 1. The molecule has 0 aromatic heterocycles. The van der Waals surface area contributed by atoms with Crippen LogP contribution in [0, 0.1) is 25.2 Å². The first-order valence-corrected chi connectivity index (χ1v) is 11.3. The molecule has 4 aromatic rings. The van der Waals surface area contributed by atoms with Gasteiger partial charge >= 0.3 is 0 Å². The van der Waals surface area contributed by atoms with Gasteiger partial charge in [0.2, 0.25) is 0 Å². The predicted octanol–water partition coefficient (Wildman–Crippen LogP) is 6.59.